The summed E-state index contributed by atoms with van der Waals surface area (Å²) in [4.78, 5) is 1.76. The van der Waals surface area contributed by atoms with Gasteiger partial charge in [0.15, 0.2) is 17.3 Å². The molecule has 152 valence electrons. The fourth-order valence-electron chi connectivity index (χ4n) is 3.19. The third kappa shape index (κ3) is 4.25. The molecule has 0 aliphatic carbocycles. The van der Waals surface area contributed by atoms with Gasteiger partial charge in [-0.25, -0.2) is 12.8 Å². The number of benzene rings is 2. The van der Waals surface area contributed by atoms with Crippen LogP contribution in [0.4, 0.5) is 4.39 Å². The summed E-state index contributed by atoms with van der Waals surface area (Å²) in [5.41, 5.74) is 1.04. The average molecular weight is 429 g/mol. The van der Waals surface area contributed by atoms with E-state index >= 15 is 0 Å². The minimum Gasteiger partial charge on any atom is -0.493 e. The Morgan fingerprint density at radius 2 is 1.71 bits per heavy atom. The Balaban J connectivity index is 1.67. The Morgan fingerprint density at radius 3 is 2.36 bits per heavy atom. The van der Waals surface area contributed by atoms with Crippen LogP contribution in [0.2, 0.25) is 5.02 Å². The Kier molecular flexibility index (Phi) is 6.44. The molecule has 1 saturated heterocycles. The lowest BCUT2D eigenvalue weighted by Crippen LogP contribution is -2.48. The van der Waals surface area contributed by atoms with Crippen molar-refractivity contribution in [3.05, 3.63) is 52.8 Å². The number of hydrogen-bond acceptors (Lipinski definition) is 5. The predicted octanol–water partition coefficient (Wildman–Crippen LogP) is 3.00. The van der Waals surface area contributed by atoms with Crippen LogP contribution < -0.4 is 9.47 Å². The van der Waals surface area contributed by atoms with Crippen LogP contribution in [0.5, 0.6) is 11.5 Å². The number of methoxy groups -OCH3 is 2. The normalized spacial score (nSPS) is 16.1. The molecule has 9 heteroatoms. The number of rotatable bonds is 6. The van der Waals surface area contributed by atoms with Crippen molar-refractivity contribution in [2.75, 3.05) is 40.4 Å². The molecule has 2 aromatic carbocycles. The van der Waals surface area contributed by atoms with Crippen molar-refractivity contribution in [3.8, 4) is 11.5 Å². The summed E-state index contributed by atoms with van der Waals surface area (Å²) in [6, 6.07) is 9.71. The highest BCUT2D eigenvalue weighted by molar-refractivity contribution is 7.89. The largest absolute Gasteiger partial charge is 0.493 e. The third-order valence-corrected chi connectivity index (χ3v) is 6.93. The number of ether oxygens (including phenoxy) is 2. The molecular formula is C19H22ClFN2O4S. The molecule has 1 aliphatic heterocycles. The second-order valence-corrected chi connectivity index (χ2v) is 8.74. The van der Waals surface area contributed by atoms with Crippen LogP contribution >= 0.6 is 11.6 Å². The topological polar surface area (TPSA) is 59.1 Å². The fraction of sp³-hybridized carbons (Fsp3) is 0.368. The molecule has 0 bridgehead atoms. The van der Waals surface area contributed by atoms with Crippen LogP contribution in [0.3, 0.4) is 0 Å². The highest BCUT2D eigenvalue weighted by Crippen LogP contribution is 2.29. The van der Waals surface area contributed by atoms with Gasteiger partial charge in [-0.1, -0.05) is 23.7 Å². The minimum absolute atomic E-state index is 0.201. The van der Waals surface area contributed by atoms with Crippen molar-refractivity contribution in [2.45, 2.75) is 11.4 Å². The van der Waals surface area contributed by atoms with E-state index in [-0.39, 0.29) is 23.0 Å². The minimum atomic E-state index is -3.92. The van der Waals surface area contributed by atoms with Gasteiger partial charge in [-0.05, 0) is 29.8 Å². The first-order valence-electron chi connectivity index (χ1n) is 8.74. The Hall–Kier alpha value is -1.87. The molecule has 0 unspecified atom stereocenters. The molecule has 1 heterocycles. The molecule has 0 radical (unpaired) electrons. The summed E-state index contributed by atoms with van der Waals surface area (Å²) >= 11 is 5.73. The first-order chi connectivity index (χ1) is 13.4. The van der Waals surface area contributed by atoms with Gasteiger partial charge in [0.2, 0.25) is 10.0 Å². The predicted molar refractivity (Wildman–Crippen MR) is 105 cm³/mol. The maximum atomic E-state index is 14.2. The van der Waals surface area contributed by atoms with E-state index in [1.807, 2.05) is 18.2 Å². The maximum Gasteiger partial charge on any atom is 0.246 e. The summed E-state index contributed by atoms with van der Waals surface area (Å²) in [7, 11) is -0.754. The van der Waals surface area contributed by atoms with E-state index in [4.69, 9.17) is 21.1 Å². The van der Waals surface area contributed by atoms with Gasteiger partial charge in [0.05, 0.1) is 19.2 Å². The Labute approximate surface area is 169 Å². The average Bonchev–Trinajstić information content (AvgIpc) is 2.70. The highest BCUT2D eigenvalue weighted by atomic mass is 35.5. The van der Waals surface area contributed by atoms with E-state index in [2.05, 4.69) is 4.90 Å². The van der Waals surface area contributed by atoms with Crippen LogP contribution in [0.25, 0.3) is 0 Å². The molecule has 6 nitrogen and oxygen atoms in total. The summed E-state index contributed by atoms with van der Waals surface area (Å²) in [6.07, 6.45) is 0. The molecule has 2 aromatic rings. The van der Waals surface area contributed by atoms with Gasteiger partial charge in [0.25, 0.3) is 0 Å². The van der Waals surface area contributed by atoms with E-state index in [0.717, 1.165) is 5.56 Å². The quantitative estimate of drug-likeness (QED) is 0.707. The first kappa shape index (κ1) is 20.9. The second-order valence-electron chi connectivity index (χ2n) is 6.42. The fourth-order valence-corrected chi connectivity index (χ4v) is 4.93. The maximum absolute atomic E-state index is 14.2. The van der Waals surface area contributed by atoms with E-state index in [0.29, 0.717) is 31.1 Å². The van der Waals surface area contributed by atoms with E-state index in [1.54, 1.807) is 14.2 Å². The number of hydrogen-bond donors (Lipinski definition) is 0. The lowest BCUT2D eigenvalue weighted by molar-refractivity contribution is 0.181. The molecule has 0 atom stereocenters. The van der Waals surface area contributed by atoms with Crippen LogP contribution in [0.1, 0.15) is 5.56 Å². The lowest BCUT2D eigenvalue weighted by Gasteiger charge is -2.34. The monoisotopic (exact) mass is 428 g/mol. The molecule has 1 aliphatic rings. The van der Waals surface area contributed by atoms with E-state index in [9.17, 15) is 12.8 Å². The van der Waals surface area contributed by atoms with Gasteiger partial charge in [0.1, 0.15) is 4.90 Å². The van der Waals surface area contributed by atoms with Crippen LogP contribution in [-0.4, -0.2) is 58.0 Å². The zero-order valence-electron chi connectivity index (χ0n) is 15.7. The molecule has 0 spiro atoms. The Morgan fingerprint density at radius 1 is 1.04 bits per heavy atom. The molecular weight excluding hydrogens is 407 g/mol. The number of nitrogens with zero attached hydrogens (tertiary/aromatic N) is 2. The van der Waals surface area contributed by atoms with Crippen LogP contribution in [0, 0.1) is 5.82 Å². The number of piperazine rings is 1. The van der Waals surface area contributed by atoms with Crippen molar-refractivity contribution < 1.29 is 22.3 Å². The zero-order chi connectivity index (χ0) is 20.3. The number of sulfonamides is 1. The van der Waals surface area contributed by atoms with Gasteiger partial charge in [-0.15, -0.1) is 0 Å². The van der Waals surface area contributed by atoms with Crippen molar-refractivity contribution >= 4 is 21.6 Å². The highest BCUT2D eigenvalue weighted by Gasteiger charge is 2.31. The summed E-state index contributed by atoms with van der Waals surface area (Å²) in [6.45, 7) is 2.29. The SMILES string of the molecule is COc1ccc(CN2CCN(S(=O)(=O)c3cccc(Cl)c3F)CC2)cc1OC. The third-order valence-electron chi connectivity index (χ3n) is 4.72. The molecule has 1 fully saturated rings. The molecule has 0 aromatic heterocycles. The molecule has 0 N–H and O–H groups in total. The Bertz CT molecular complexity index is 947. The van der Waals surface area contributed by atoms with Gasteiger partial charge >= 0.3 is 0 Å². The van der Waals surface area contributed by atoms with Crippen molar-refractivity contribution in [3.63, 3.8) is 0 Å². The molecule has 28 heavy (non-hydrogen) atoms. The molecule has 0 saturated carbocycles. The van der Waals surface area contributed by atoms with Crippen LogP contribution in [-0.2, 0) is 16.6 Å². The van der Waals surface area contributed by atoms with Crippen molar-refractivity contribution in [1.82, 2.24) is 9.21 Å². The van der Waals surface area contributed by atoms with Gasteiger partial charge in [-0.3, -0.25) is 4.90 Å². The molecule has 3 rings (SSSR count). The second kappa shape index (κ2) is 8.65. The standard InChI is InChI=1S/C19H22ClFN2O4S/c1-26-16-7-6-14(12-17(16)27-2)13-22-8-10-23(11-9-22)28(24,25)18-5-3-4-15(20)19(18)21/h3-7,12H,8-11,13H2,1-2H3. The van der Waals surface area contributed by atoms with Crippen LogP contribution in [0.15, 0.2) is 41.3 Å². The van der Waals surface area contributed by atoms with E-state index in [1.165, 1.54) is 22.5 Å². The number of halogens is 2. The van der Waals surface area contributed by atoms with E-state index < -0.39 is 15.8 Å². The smallest absolute Gasteiger partial charge is 0.246 e. The van der Waals surface area contributed by atoms with Gasteiger partial charge in [0, 0.05) is 32.7 Å². The summed E-state index contributed by atoms with van der Waals surface area (Å²) in [5.74, 6) is 0.403. The zero-order valence-corrected chi connectivity index (χ0v) is 17.3. The van der Waals surface area contributed by atoms with Gasteiger partial charge < -0.3 is 9.47 Å². The summed E-state index contributed by atoms with van der Waals surface area (Å²) < 4.78 is 51.6. The van der Waals surface area contributed by atoms with Crippen molar-refractivity contribution in [2.24, 2.45) is 0 Å². The van der Waals surface area contributed by atoms with Gasteiger partial charge in [-0.2, -0.15) is 4.31 Å². The van der Waals surface area contributed by atoms with Crippen molar-refractivity contribution in [1.29, 1.82) is 0 Å². The molecule has 0 amide bonds. The first-order valence-corrected chi connectivity index (χ1v) is 10.6. The summed E-state index contributed by atoms with van der Waals surface area (Å²) in [5, 5.41) is -0.201. The lowest BCUT2D eigenvalue weighted by atomic mass is 10.1.